The van der Waals surface area contributed by atoms with Gasteiger partial charge in [0.2, 0.25) is 0 Å². The number of carbonyl (C=O) groups excluding carboxylic acids is 1. The quantitative estimate of drug-likeness (QED) is 0.164. The first-order chi connectivity index (χ1) is 18.4. The van der Waals surface area contributed by atoms with Crippen LogP contribution in [0.1, 0.15) is 56.3 Å². The number of para-hydroxylation sites is 2. The van der Waals surface area contributed by atoms with Crippen molar-refractivity contribution in [3.8, 4) is 45.7 Å². The summed E-state index contributed by atoms with van der Waals surface area (Å²) in [5.74, 6) is 1.16. The van der Waals surface area contributed by atoms with E-state index in [2.05, 4.69) is 28.8 Å². The summed E-state index contributed by atoms with van der Waals surface area (Å²) in [6, 6.07) is 20.4. The molecule has 0 spiro atoms. The lowest BCUT2D eigenvalue weighted by Crippen LogP contribution is -2.07. The van der Waals surface area contributed by atoms with Gasteiger partial charge < -0.3 is 14.9 Å². The molecule has 0 fully saturated rings. The summed E-state index contributed by atoms with van der Waals surface area (Å²) in [4.78, 5) is 26.4. The van der Waals surface area contributed by atoms with Crippen LogP contribution in [-0.4, -0.2) is 37.7 Å². The minimum absolute atomic E-state index is 0.0226. The molecule has 0 aliphatic heterocycles. The minimum Gasteiger partial charge on any atom is -0.507 e. The van der Waals surface area contributed by atoms with Crippen LogP contribution in [0.5, 0.6) is 11.5 Å². The molecule has 38 heavy (non-hydrogen) atoms. The second-order valence-corrected chi connectivity index (χ2v) is 9.65. The van der Waals surface area contributed by atoms with Gasteiger partial charge in [0.05, 0.1) is 23.3 Å². The van der Waals surface area contributed by atoms with Crippen molar-refractivity contribution in [2.24, 2.45) is 5.92 Å². The summed E-state index contributed by atoms with van der Waals surface area (Å²) >= 11 is 0. The molecule has 0 radical (unpaired) electrons. The standard InChI is InChI=1S/C31H33N3O4/c1-21(2)12-5-3-4-10-19-38-31(37)23-14-11-13-22(20-23)28-32-29(24-15-6-8-17-26(24)35)34-30(33-28)25-16-7-9-18-27(25)36/h6-9,11,13-18,20-21,35-36H,3-5,10,12,19H2,1-2H3. The van der Waals surface area contributed by atoms with Gasteiger partial charge in [0, 0.05) is 5.56 Å². The zero-order valence-electron chi connectivity index (χ0n) is 21.8. The predicted molar refractivity (Wildman–Crippen MR) is 148 cm³/mol. The average molecular weight is 512 g/mol. The van der Waals surface area contributed by atoms with Crippen LogP contribution in [0.2, 0.25) is 0 Å². The van der Waals surface area contributed by atoms with E-state index in [1.54, 1.807) is 72.8 Å². The maximum Gasteiger partial charge on any atom is 0.338 e. The van der Waals surface area contributed by atoms with Gasteiger partial charge in [-0.3, -0.25) is 0 Å². The zero-order chi connectivity index (χ0) is 26.9. The lowest BCUT2D eigenvalue weighted by molar-refractivity contribution is 0.0497. The van der Waals surface area contributed by atoms with Gasteiger partial charge in [-0.15, -0.1) is 0 Å². The molecular weight excluding hydrogens is 478 g/mol. The van der Waals surface area contributed by atoms with Gasteiger partial charge in [-0.1, -0.05) is 75.9 Å². The van der Waals surface area contributed by atoms with E-state index in [4.69, 9.17) is 4.74 Å². The number of aromatic nitrogens is 3. The Kier molecular flexibility index (Phi) is 9.03. The largest absolute Gasteiger partial charge is 0.507 e. The molecule has 3 aromatic carbocycles. The number of unbranched alkanes of at least 4 members (excludes halogenated alkanes) is 3. The summed E-state index contributed by atoms with van der Waals surface area (Å²) in [6.45, 7) is 4.84. The second-order valence-electron chi connectivity index (χ2n) is 9.65. The van der Waals surface area contributed by atoms with Crippen molar-refractivity contribution in [2.75, 3.05) is 6.61 Å². The first kappa shape index (κ1) is 26.8. The minimum atomic E-state index is -0.398. The van der Waals surface area contributed by atoms with Gasteiger partial charge >= 0.3 is 5.97 Å². The van der Waals surface area contributed by atoms with Crippen molar-refractivity contribution in [1.29, 1.82) is 0 Å². The zero-order valence-corrected chi connectivity index (χ0v) is 21.8. The van der Waals surface area contributed by atoms with Gasteiger partial charge in [-0.2, -0.15) is 0 Å². The number of phenols is 2. The van der Waals surface area contributed by atoms with E-state index in [1.165, 1.54) is 12.8 Å². The smallest absolute Gasteiger partial charge is 0.338 e. The van der Waals surface area contributed by atoms with Crippen molar-refractivity contribution in [3.05, 3.63) is 78.4 Å². The van der Waals surface area contributed by atoms with Gasteiger partial charge in [0.25, 0.3) is 0 Å². The Morgan fingerprint density at radius 2 is 1.32 bits per heavy atom. The lowest BCUT2D eigenvalue weighted by atomic mass is 10.0. The Hall–Kier alpha value is -4.26. The summed E-state index contributed by atoms with van der Waals surface area (Å²) in [5.41, 5.74) is 1.84. The molecule has 0 saturated carbocycles. The molecule has 4 aromatic rings. The molecule has 0 bridgehead atoms. The fraction of sp³-hybridized carbons (Fsp3) is 0.290. The van der Waals surface area contributed by atoms with Crippen LogP contribution in [0.25, 0.3) is 34.2 Å². The second kappa shape index (κ2) is 12.8. The molecule has 196 valence electrons. The maximum atomic E-state index is 12.7. The van der Waals surface area contributed by atoms with Crippen LogP contribution in [0.15, 0.2) is 72.8 Å². The Morgan fingerprint density at radius 1 is 0.737 bits per heavy atom. The van der Waals surface area contributed by atoms with E-state index < -0.39 is 5.97 Å². The molecule has 1 aromatic heterocycles. The highest BCUT2D eigenvalue weighted by molar-refractivity contribution is 5.90. The van der Waals surface area contributed by atoms with E-state index in [1.807, 2.05) is 0 Å². The molecule has 1 heterocycles. The Balaban J connectivity index is 1.57. The Morgan fingerprint density at radius 3 is 1.92 bits per heavy atom. The monoisotopic (exact) mass is 511 g/mol. The van der Waals surface area contributed by atoms with Crippen LogP contribution in [-0.2, 0) is 4.74 Å². The third kappa shape index (κ3) is 6.94. The molecular formula is C31H33N3O4. The third-order valence-corrected chi connectivity index (χ3v) is 6.19. The molecule has 2 N–H and O–H groups in total. The van der Waals surface area contributed by atoms with Gasteiger partial charge in [-0.05, 0) is 48.7 Å². The highest BCUT2D eigenvalue weighted by Crippen LogP contribution is 2.32. The molecule has 0 amide bonds. The number of phenolic OH excluding ortho intramolecular Hbond substituents is 2. The molecule has 0 atom stereocenters. The number of nitrogens with zero attached hydrogens (tertiary/aromatic N) is 3. The highest BCUT2D eigenvalue weighted by Gasteiger charge is 2.17. The van der Waals surface area contributed by atoms with Crippen molar-refractivity contribution in [3.63, 3.8) is 0 Å². The summed E-state index contributed by atoms with van der Waals surface area (Å²) in [5, 5.41) is 20.8. The molecule has 0 aliphatic carbocycles. The van der Waals surface area contributed by atoms with E-state index in [-0.39, 0.29) is 23.1 Å². The van der Waals surface area contributed by atoms with Crippen molar-refractivity contribution >= 4 is 5.97 Å². The highest BCUT2D eigenvalue weighted by atomic mass is 16.5. The van der Waals surface area contributed by atoms with Crippen LogP contribution < -0.4 is 0 Å². The first-order valence-electron chi connectivity index (χ1n) is 13.0. The molecule has 0 unspecified atom stereocenters. The molecule has 4 rings (SSSR count). The van der Waals surface area contributed by atoms with Gasteiger partial charge in [-0.25, -0.2) is 19.7 Å². The molecule has 7 nitrogen and oxygen atoms in total. The SMILES string of the molecule is CC(C)CCCCCCOC(=O)c1cccc(-c2nc(-c3ccccc3O)nc(-c3ccccc3O)n2)c1. The summed E-state index contributed by atoms with van der Waals surface area (Å²) in [6.07, 6.45) is 5.44. The normalized spacial score (nSPS) is 11.0. The number of benzene rings is 3. The first-order valence-corrected chi connectivity index (χ1v) is 13.0. The topological polar surface area (TPSA) is 105 Å². The maximum absolute atomic E-state index is 12.7. The number of carbonyl (C=O) groups is 1. The Bertz CT molecular complexity index is 1320. The fourth-order valence-electron chi connectivity index (χ4n) is 4.11. The number of hydrogen-bond acceptors (Lipinski definition) is 7. The lowest BCUT2D eigenvalue weighted by Gasteiger charge is -2.11. The molecule has 7 heteroatoms. The summed E-state index contributed by atoms with van der Waals surface area (Å²) < 4.78 is 5.51. The predicted octanol–water partition coefficient (Wildman–Crippen LogP) is 7.05. The van der Waals surface area contributed by atoms with Gasteiger partial charge in [0.1, 0.15) is 11.5 Å². The van der Waals surface area contributed by atoms with Crippen LogP contribution in [0.4, 0.5) is 0 Å². The van der Waals surface area contributed by atoms with Crippen molar-refractivity contribution in [2.45, 2.75) is 46.0 Å². The Labute approximate surface area is 223 Å². The van der Waals surface area contributed by atoms with Crippen molar-refractivity contribution in [1.82, 2.24) is 15.0 Å². The van der Waals surface area contributed by atoms with Crippen LogP contribution in [0, 0.1) is 5.92 Å². The van der Waals surface area contributed by atoms with Crippen molar-refractivity contribution < 1.29 is 19.7 Å². The molecule has 0 aliphatic rings. The van der Waals surface area contributed by atoms with E-state index in [9.17, 15) is 15.0 Å². The van der Waals surface area contributed by atoms with Crippen LogP contribution >= 0.6 is 0 Å². The number of rotatable bonds is 11. The number of aromatic hydroxyl groups is 2. The number of esters is 1. The van der Waals surface area contributed by atoms with Gasteiger partial charge in [0.15, 0.2) is 17.5 Å². The van der Waals surface area contributed by atoms with E-state index >= 15 is 0 Å². The number of ether oxygens (including phenoxy) is 1. The van der Waals surface area contributed by atoms with Crippen LogP contribution in [0.3, 0.4) is 0 Å². The summed E-state index contributed by atoms with van der Waals surface area (Å²) in [7, 11) is 0. The average Bonchev–Trinajstić information content (AvgIpc) is 2.92. The van der Waals surface area contributed by atoms with E-state index in [0.29, 0.717) is 40.6 Å². The third-order valence-electron chi connectivity index (χ3n) is 6.19. The fourth-order valence-corrected chi connectivity index (χ4v) is 4.11. The van der Waals surface area contributed by atoms with E-state index in [0.717, 1.165) is 19.3 Å². The number of hydrogen-bond donors (Lipinski definition) is 2. The molecule has 0 saturated heterocycles.